The van der Waals surface area contributed by atoms with Gasteiger partial charge in [-0.2, -0.15) is 0 Å². The van der Waals surface area contributed by atoms with Gasteiger partial charge in [-0.05, 0) is 24.3 Å². The molecule has 0 aliphatic heterocycles. The first-order valence-electron chi connectivity index (χ1n) is 7.06. The Morgan fingerprint density at radius 3 is 1.41 bits per heavy atom. The molecule has 0 saturated heterocycles. The molecule has 0 spiro atoms. The third kappa shape index (κ3) is 3.23. The van der Waals surface area contributed by atoms with Gasteiger partial charge in [0.25, 0.3) is 0 Å². The van der Waals surface area contributed by atoms with E-state index >= 15 is 0 Å². The summed E-state index contributed by atoms with van der Waals surface area (Å²) in [5.74, 6) is 0.394. The van der Waals surface area contributed by atoms with Crippen molar-refractivity contribution in [1.29, 1.82) is 0 Å². The normalized spacial score (nSPS) is 9.73. The number of aromatic hydroxyl groups is 2. The van der Waals surface area contributed by atoms with Crippen molar-refractivity contribution in [3.05, 3.63) is 61.1 Å². The highest BCUT2D eigenvalue weighted by molar-refractivity contribution is 5.83. The molecular formula is C18H18O4. The van der Waals surface area contributed by atoms with Crippen LogP contribution in [0, 0.1) is 0 Å². The van der Waals surface area contributed by atoms with Crippen molar-refractivity contribution in [2.75, 3.05) is 0 Å². The number of phenolic OH excluding ortho intramolecular Hbond substituents is 2. The minimum absolute atomic E-state index is 0.197. The lowest BCUT2D eigenvalue weighted by molar-refractivity contribution is 0.465. The molecule has 0 atom stereocenters. The average Bonchev–Trinajstić information content (AvgIpc) is 3.20. The highest BCUT2D eigenvalue weighted by atomic mass is 16.3. The number of rotatable bonds is 0. The van der Waals surface area contributed by atoms with E-state index in [-0.39, 0.29) is 11.5 Å². The van der Waals surface area contributed by atoms with Gasteiger partial charge in [0.05, 0.1) is 12.5 Å². The van der Waals surface area contributed by atoms with Gasteiger partial charge in [-0.1, -0.05) is 38.1 Å². The number of furan rings is 2. The van der Waals surface area contributed by atoms with E-state index in [1.54, 1.807) is 36.8 Å². The standard InChI is InChI=1S/2C8H6O2.C2H6/c2*9-7-3-1-2-6-4-5-10-8(6)7;1-2/h2*1-5,9H;1-2H3. The minimum Gasteiger partial charge on any atom is -0.504 e. The van der Waals surface area contributed by atoms with Gasteiger partial charge in [-0.15, -0.1) is 0 Å². The summed E-state index contributed by atoms with van der Waals surface area (Å²) in [4.78, 5) is 0. The molecule has 0 bridgehead atoms. The SMILES string of the molecule is CC.Oc1cccc2ccoc12.Oc1cccc2ccoc12. The van der Waals surface area contributed by atoms with Gasteiger partial charge in [-0.3, -0.25) is 0 Å². The fourth-order valence-electron chi connectivity index (χ4n) is 1.95. The highest BCUT2D eigenvalue weighted by Crippen LogP contribution is 2.25. The van der Waals surface area contributed by atoms with Crippen LogP contribution in [-0.2, 0) is 0 Å². The lowest BCUT2D eigenvalue weighted by Gasteiger charge is -1.89. The Hall–Kier alpha value is -2.88. The lowest BCUT2D eigenvalue weighted by atomic mass is 10.2. The van der Waals surface area contributed by atoms with Crippen LogP contribution in [0.5, 0.6) is 11.5 Å². The Balaban J connectivity index is 0.000000144. The first-order valence-corrected chi connectivity index (χ1v) is 7.06. The lowest BCUT2D eigenvalue weighted by Crippen LogP contribution is -1.63. The molecule has 4 rings (SSSR count). The second-order valence-corrected chi connectivity index (χ2v) is 4.23. The van der Waals surface area contributed by atoms with E-state index in [4.69, 9.17) is 19.0 Å². The van der Waals surface area contributed by atoms with Gasteiger partial charge in [0.15, 0.2) is 22.7 Å². The summed E-state index contributed by atoms with van der Waals surface area (Å²) >= 11 is 0. The molecule has 2 heterocycles. The quantitative estimate of drug-likeness (QED) is 0.462. The summed E-state index contributed by atoms with van der Waals surface area (Å²) in [6.07, 6.45) is 3.12. The van der Waals surface area contributed by atoms with Gasteiger partial charge < -0.3 is 19.0 Å². The van der Waals surface area contributed by atoms with E-state index in [9.17, 15) is 0 Å². The number of fused-ring (bicyclic) bond motifs is 2. The maximum absolute atomic E-state index is 9.17. The van der Waals surface area contributed by atoms with Crippen LogP contribution in [0.2, 0.25) is 0 Å². The van der Waals surface area contributed by atoms with E-state index in [0.29, 0.717) is 11.2 Å². The molecule has 0 aliphatic rings. The van der Waals surface area contributed by atoms with Crippen molar-refractivity contribution in [1.82, 2.24) is 0 Å². The van der Waals surface area contributed by atoms with Crippen molar-refractivity contribution >= 4 is 21.9 Å². The summed E-state index contributed by atoms with van der Waals surface area (Å²) < 4.78 is 10.00. The van der Waals surface area contributed by atoms with Crippen molar-refractivity contribution in [3.63, 3.8) is 0 Å². The summed E-state index contributed by atoms with van der Waals surface area (Å²) in [6, 6.07) is 14.2. The summed E-state index contributed by atoms with van der Waals surface area (Å²) in [5.41, 5.74) is 1.12. The highest BCUT2D eigenvalue weighted by Gasteiger charge is 1.99. The molecule has 0 radical (unpaired) electrons. The maximum atomic E-state index is 9.17. The predicted octanol–water partition coefficient (Wildman–Crippen LogP) is 5.30. The molecule has 22 heavy (non-hydrogen) atoms. The fourth-order valence-corrected chi connectivity index (χ4v) is 1.95. The van der Waals surface area contributed by atoms with E-state index in [1.165, 1.54) is 0 Å². The van der Waals surface area contributed by atoms with E-state index < -0.39 is 0 Å². The zero-order chi connectivity index (χ0) is 15.9. The van der Waals surface area contributed by atoms with Crippen LogP contribution in [0.3, 0.4) is 0 Å². The minimum atomic E-state index is 0.197. The van der Waals surface area contributed by atoms with Crippen molar-refractivity contribution < 1.29 is 19.0 Å². The predicted molar refractivity (Wildman–Crippen MR) is 87.1 cm³/mol. The second kappa shape index (κ2) is 7.22. The van der Waals surface area contributed by atoms with Crippen LogP contribution < -0.4 is 0 Å². The van der Waals surface area contributed by atoms with Crippen LogP contribution in [0.4, 0.5) is 0 Å². The molecule has 4 nitrogen and oxygen atoms in total. The Morgan fingerprint density at radius 2 is 1.05 bits per heavy atom. The van der Waals surface area contributed by atoms with Gasteiger partial charge in [0.1, 0.15) is 0 Å². The summed E-state index contributed by atoms with van der Waals surface area (Å²) in [6.45, 7) is 4.00. The monoisotopic (exact) mass is 298 g/mol. The number of hydrogen-bond donors (Lipinski definition) is 2. The maximum Gasteiger partial charge on any atom is 0.175 e. The number of para-hydroxylation sites is 2. The first kappa shape index (κ1) is 15.5. The van der Waals surface area contributed by atoms with E-state index in [1.807, 2.05) is 38.1 Å². The number of phenols is 2. The van der Waals surface area contributed by atoms with Crippen LogP contribution in [0.1, 0.15) is 13.8 Å². The molecule has 0 amide bonds. The van der Waals surface area contributed by atoms with E-state index in [0.717, 1.165) is 10.8 Å². The molecule has 2 N–H and O–H groups in total. The molecule has 4 heteroatoms. The summed E-state index contributed by atoms with van der Waals surface area (Å²) in [5, 5.41) is 20.2. The zero-order valence-electron chi connectivity index (χ0n) is 12.5. The Morgan fingerprint density at radius 1 is 0.636 bits per heavy atom. The smallest absolute Gasteiger partial charge is 0.175 e. The van der Waals surface area contributed by atoms with Crippen LogP contribution >= 0.6 is 0 Å². The molecule has 114 valence electrons. The molecule has 2 aromatic carbocycles. The Bertz CT molecular complexity index is 770. The van der Waals surface area contributed by atoms with Gasteiger partial charge in [0.2, 0.25) is 0 Å². The molecule has 0 unspecified atom stereocenters. The van der Waals surface area contributed by atoms with Gasteiger partial charge in [0, 0.05) is 10.8 Å². The third-order valence-electron chi connectivity index (χ3n) is 2.92. The molecule has 4 aromatic rings. The first-order chi connectivity index (χ1) is 10.8. The topological polar surface area (TPSA) is 66.7 Å². The average molecular weight is 298 g/mol. The molecule has 0 saturated carbocycles. The van der Waals surface area contributed by atoms with E-state index in [2.05, 4.69) is 0 Å². The third-order valence-corrected chi connectivity index (χ3v) is 2.92. The van der Waals surface area contributed by atoms with Crippen molar-refractivity contribution in [2.24, 2.45) is 0 Å². The van der Waals surface area contributed by atoms with Crippen molar-refractivity contribution in [3.8, 4) is 11.5 Å². The molecule has 0 aliphatic carbocycles. The fraction of sp³-hybridized carbons (Fsp3) is 0.111. The molecule has 2 aromatic heterocycles. The molecule has 0 fully saturated rings. The number of benzene rings is 2. The Labute approximate surface area is 128 Å². The van der Waals surface area contributed by atoms with Crippen LogP contribution in [-0.4, -0.2) is 10.2 Å². The number of hydrogen-bond acceptors (Lipinski definition) is 4. The molecular weight excluding hydrogens is 280 g/mol. The zero-order valence-corrected chi connectivity index (χ0v) is 12.5. The summed E-state index contributed by atoms with van der Waals surface area (Å²) in [7, 11) is 0. The van der Waals surface area contributed by atoms with Crippen LogP contribution in [0.15, 0.2) is 69.9 Å². The Kier molecular flexibility index (Phi) is 5.09. The second-order valence-electron chi connectivity index (χ2n) is 4.23. The van der Waals surface area contributed by atoms with Crippen LogP contribution in [0.25, 0.3) is 21.9 Å². The van der Waals surface area contributed by atoms with Gasteiger partial charge in [-0.25, -0.2) is 0 Å². The van der Waals surface area contributed by atoms with Crippen molar-refractivity contribution in [2.45, 2.75) is 13.8 Å². The largest absolute Gasteiger partial charge is 0.504 e. The van der Waals surface area contributed by atoms with Gasteiger partial charge >= 0.3 is 0 Å².